The molecule has 0 bridgehead atoms. The number of phenols is 1. The molecule has 3 N–H and O–H groups in total. The number of halogens is 1. The van der Waals surface area contributed by atoms with Gasteiger partial charge in [0.15, 0.2) is 11.5 Å². The van der Waals surface area contributed by atoms with Gasteiger partial charge in [0.1, 0.15) is 11.6 Å². The van der Waals surface area contributed by atoms with Crippen LogP contribution in [-0.4, -0.2) is 38.9 Å². The molecule has 4 aliphatic rings. The van der Waals surface area contributed by atoms with E-state index < -0.39 is 17.5 Å². The van der Waals surface area contributed by atoms with E-state index in [0.717, 1.165) is 31.4 Å². The Morgan fingerprint density at radius 3 is 2.43 bits per heavy atom. The fraction of sp³-hybridized carbons (Fsp3) is 0.267. The molecular formula is C30H25FN2O4. The normalized spacial score (nSPS) is 27.9. The minimum Gasteiger partial charge on any atom is -0.508 e. The molecule has 2 aliphatic carbocycles. The van der Waals surface area contributed by atoms with Crippen molar-refractivity contribution in [1.29, 1.82) is 0 Å². The quantitative estimate of drug-likeness (QED) is 0.464. The number of aromatic hydroxyl groups is 1. The third-order valence-corrected chi connectivity index (χ3v) is 8.48. The molecule has 7 rings (SSSR count). The van der Waals surface area contributed by atoms with Gasteiger partial charge in [-0.2, -0.15) is 0 Å². The first-order chi connectivity index (χ1) is 17.9. The lowest BCUT2D eigenvalue weighted by Crippen LogP contribution is -2.61. The third-order valence-electron chi connectivity index (χ3n) is 8.48. The van der Waals surface area contributed by atoms with Gasteiger partial charge in [-0.1, -0.05) is 55.3 Å². The van der Waals surface area contributed by atoms with Crippen LogP contribution in [-0.2, 0) is 5.72 Å². The summed E-state index contributed by atoms with van der Waals surface area (Å²) in [5, 5.41) is 27.5. The molecule has 0 aromatic heterocycles. The summed E-state index contributed by atoms with van der Waals surface area (Å²) in [5.41, 5.74) is 0.739. The van der Waals surface area contributed by atoms with Crippen LogP contribution in [0.4, 0.5) is 4.39 Å². The van der Waals surface area contributed by atoms with Gasteiger partial charge in [-0.15, -0.1) is 0 Å². The lowest BCUT2D eigenvalue weighted by molar-refractivity contribution is -0.124. The second-order valence-corrected chi connectivity index (χ2v) is 10.3. The number of carbonyl (C=O) groups is 2. The maximum atomic E-state index is 14.7. The summed E-state index contributed by atoms with van der Waals surface area (Å²) in [6.45, 7) is 0. The first-order valence-electron chi connectivity index (χ1n) is 12.7. The minimum atomic E-state index is -2.01. The molecule has 0 radical (unpaired) electrons. The monoisotopic (exact) mass is 496 g/mol. The summed E-state index contributed by atoms with van der Waals surface area (Å²) in [5.74, 6) is -2.75. The van der Waals surface area contributed by atoms with Gasteiger partial charge in [0.05, 0.1) is 17.7 Å². The number of rotatable bonds is 1. The zero-order chi connectivity index (χ0) is 25.5. The number of nitrogens with one attached hydrogen (secondary N) is 1. The zero-order valence-electron chi connectivity index (χ0n) is 19.9. The highest BCUT2D eigenvalue weighted by Gasteiger charge is 2.61. The van der Waals surface area contributed by atoms with Crippen molar-refractivity contribution in [2.45, 2.75) is 49.4 Å². The summed E-state index contributed by atoms with van der Waals surface area (Å²) in [6.07, 6.45) is 3.27. The summed E-state index contributed by atoms with van der Waals surface area (Å²) >= 11 is 0. The molecular weight excluding hydrogens is 471 g/mol. The van der Waals surface area contributed by atoms with E-state index in [1.807, 2.05) is 12.1 Å². The molecule has 7 heteroatoms. The van der Waals surface area contributed by atoms with Crippen LogP contribution >= 0.6 is 0 Å². The van der Waals surface area contributed by atoms with Gasteiger partial charge < -0.3 is 20.4 Å². The lowest BCUT2D eigenvalue weighted by Gasteiger charge is -2.50. The average Bonchev–Trinajstić information content (AvgIpc) is 3.30. The predicted octanol–water partition coefficient (Wildman–Crippen LogP) is 4.44. The van der Waals surface area contributed by atoms with E-state index >= 15 is 0 Å². The van der Waals surface area contributed by atoms with Gasteiger partial charge in [-0.3, -0.25) is 9.59 Å². The third kappa shape index (κ3) is 2.89. The van der Waals surface area contributed by atoms with Gasteiger partial charge in [0, 0.05) is 39.4 Å². The Bertz CT molecular complexity index is 1530. The van der Waals surface area contributed by atoms with Crippen molar-refractivity contribution in [3.8, 4) is 5.75 Å². The standard InChI is InChI=1S/C30H25FN2O4/c31-16-13-14-24(34)20(15-16)26-25-27(17-7-1-2-8-18(17)28(25)35)32-22-11-5-6-12-23(22)33-29(36)19-9-3-4-10-21(19)30(26,33)37/h1-4,7-10,13-15,22-23,26,32,34,37H,5-6,11-12H2/t22-,23-,26+,30+/m1/s1. The fourth-order valence-electron chi connectivity index (χ4n) is 6.94. The van der Waals surface area contributed by atoms with Crippen LogP contribution in [0, 0.1) is 5.82 Å². The van der Waals surface area contributed by atoms with Crippen LogP contribution in [0.15, 0.2) is 72.3 Å². The number of ketones is 1. The van der Waals surface area contributed by atoms with Crippen molar-refractivity contribution in [3.05, 3.63) is 106 Å². The van der Waals surface area contributed by atoms with E-state index in [1.54, 1.807) is 36.4 Å². The SMILES string of the molecule is O=C1C2=C(N[C@@H]3CCCC[C@H]3N3C(=O)c4ccccc4[C@]3(O)[C@H]2c2cc(F)ccc2O)c2ccccc21. The molecule has 2 heterocycles. The molecule has 186 valence electrons. The Morgan fingerprint density at radius 1 is 0.919 bits per heavy atom. The Kier molecular flexibility index (Phi) is 4.67. The maximum Gasteiger partial charge on any atom is 0.257 e. The number of hydrogen-bond donors (Lipinski definition) is 3. The molecule has 6 nitrogen and oxygen atoms in total. The average molecular weight is 497 g/mol. The Hall–Kier alpha value is -3.97. The number of nitrogens with zero attached hydrogens (tertiary/aromatic N) is 1. The van der Waals surface area contributed by atoms with Gasteiger partial charge in [0.25, 0.3) is 5.91 Å². The van der Waals surface area contributed by atoms with Crippen molar-refractivity contribution in [3.63, 3.8) is 0 Å². The second kappa shape index (κ2) is 7.76. The smallest absolute Gasteiger partial charge is 0.257 e. The molecule has 0 saturated heterocycles. The summed E-state index contributed by atoms with van der Waals surface area (Å²) in [7, 11) is 0. The van der Waals surface area contributed by atoms with E-state index in [-0.39, 0.29) is 40.7 Å². The van der Waals surface area contributed by atoms with Gasteiger partial charge in [-0.05, 0) is 37.1 Å². The maximum absolute atomic E-state index is 14.7. The molecule has 37 heavy (non-hydrogen) atoms. The van der Waals surface area contributed by atoms with E-state index in [9.17, 15) is 24.2 Å². The van der Waals surface area contributed by atoms with Gasteiger partial charge in [-0.25, -0.2) is 4.39 Å². The number of amides is 1. The first kappa shape index (κ1) is 22.2. The molecule has 0 unspecified atom stereocenters. The number of Topliss-reactive ketones (excluding diaryl/α,β-unsaturated/α-hetero) is 1. The molecule has 2 aliphatic heterocycles. The fourth-order valence-corrected chi connectivity index (χ4v) is 6.94. The van der Waals surface area contributed by atoms with E-state index in [4.69, 9.17) is 0 Å². The van der Waals surface area contributed by atoms with E-state index in [2.05, 4.69) is 5.32 Å². The number of fused-ring (bicyclic) bond motifs is 7. The zero-order valence-corrected chi connectivity index (χ0v) is 19.9. The Balaban J connectivity index is 1.61. The van der Waals surface area contributed by atoms with Crippen molar-refractivity contribution in [2.75, 3.05) is 0 Å². The van der Waals surface area contributed by atoms with Crippen molar-refractivity contribution < 1.29 is 24.2 Å². The first-order valence-corrected chi connectivity index (χ1v) is 12.7. The molecule has 1 fully saturated rings. The summed E-state index contributed by atoms with van der Waals surface area (Å²) in [6, 6.07) is 17.0. The lowest BCUT2D eigenvalue weighted by atomic mass is 9.74. The summed E-state index contributed by atoms with van der Waals surface area (Å²) < 4.78 is 14.7. The van der Waals surface area contributed by atoms with Crippen LogP contribution in [0.25, 0.3) is 5.70 Å². The van der Waals surface area contributed by atoms with Crippen molar-refractivity contribution in [2.24, 2.45) is 0 Å². The number of carbonyl (C=O) groups excluding carboxylic acids is 2. The predicted molar refractivity (Wildman–Crippen MR) is 134 cm³/mol. The summed E-state index contributed by atoms with van der Waals surface area (Å²) in [4.78, 5) is 29.6. The number of aliphatic hydroxyl groups is 1. The molecule has 4 atom stereocenters. The minimum absolute atomic E-state index is 0.0571. The molecule has 3 aromatic carbocycles. The number of phenolic OH excluding ortho intramolecular Hbond substituents is 1. The van der Waals surface area contributed by atoms with Crippen LogP contribution in [0.3, 0.4) is 0 Å². The second-order valence-electron chi connectivity index (χ2n) is 10.3. The van der Waals surface area contributed by atoms with Crippen LogP contribution in [0.1, 0.15) is 69.0 Å². The van der Waals surface area contributed by atoms with Crippen LogP contribution in [0.5, 0.6) is 5.75 Å². The highest BCUT2D eigenvalue weighted by molar-refractivity contribution is 6.21. The molecule has 0 spiro atoms. The molecule has 1 amide bonds. The Labute approximate surface area is 213 Å². The Morgan fingerprint density at radius 2 is 1.62 bits per heavy atom. The number of hydrogen-bond acceptors (Lipinski definition) is 5. The van der Waals surface area contributed by atoms with Crippen LogP contribution in [0.2, 0.25) is 0 Å². The largest absolute Gasteiger partial charge is 0.508 e. The van der Waals surface area contributed by atoms with Gasteiger partial charge in [0.2, 0.25) is 0 Å². The van der Waals surface area contributed by atoms with Crippen molar-refractivity contribution >= 4 is 17.4 Å². The molecule has 1 saturated carbocycles. The van der Waals surface area contributed by atoms with Crippen LogP contribution < -0.4 is 5.32 Å². The molecule has 3 aromatic rings. The topological polar surface area (TPSA) is 89.9 Å². The van der Waals surface area contributed by atoms with Gasteiger partial charge >= 0.3 is 0 Å². The van der Waals surface area contributed by atoms with E-state index in [0.29, 0.717) is 34.4 Å². The highest BCUT2D eigenvalue weighted by atomic mass is 19.1. The number of benzene rings is 3. The highest BCUT2D eigenvalue weighted by Crippen LogP contribution is 2.57. The van der Waals surface area contributed by atoms with E-state index in [1.165, 1.54) is 11.0 Å². The van der Waals surface area contributed by atoms with Crippen molar-refractivity contribution in [1.82, 2.24) is 10.2 Å².